The molecular weight excluding hydrogens is 1720 g/mol. The number of furan rings is 1. The molecule has 0 amide bonds. The fraction of sp³-hybridized carbons (Fsp3) is 0.0233. The zero-order valence-corrected chi connectivity index (χ0v) is 77.0. The Morgan fingerprint density at radius 3 is 1.00 bits per heavy atom. The predicted molar refractivity (Wildman–Crippen MR) is 584 cm³/mol. The van der Waals surface area contributed by atoms with Crippen LogP contribution in [0.1, 0.15) is 25.0 Å². The summed E-state index contributed by atoms with van der Waals surface area (Å²) in [7, 11) is 0. The molecular formula is C129H81N9OS. The monoisotopic (exact) mass is 1800 g/mol. The maximum Gasteiger partial charge on any atom is 0.165 e. The fourth-order valence-corrected chi connectivity index (χ4v) is 23.0. The van der Waals surface area contributed by atoms with Crippen LogP contribution in [0.5, 0.6) is 0 Å². The van der Waals surface area contributed by atoms with Crippen LogP contribution in [-0.2, 0) is 5.41 Å². The van der Waals surface area contributed by atoms with Crippen molar-refractivity contribution in [1.82, 2.24) is 43.6 Å². The highest BCUT2D eigenvalue weighted by Crippen LogP contribution is 2.52. The van der Waals surface area contributed by atoms with Gasteiger partial charge in [0.15, 0.2) is 17.5 Å². The van der Waals surface area contributed by atoms with Gasteiger partial charge in [-0.15, -0.1) is 11.3 Å². The van der Waals surface area contributed by atoms with E-state index in [-0.39, 0.29) is 5.41 Å². The molecule has 0 saturated carbocycles. The highest BCUT2D eigenvalue weighted by Gasteiger charge is 2.36. The van der Waals surface area contributed by atoms with Gasteiger partial charge >= 0.3 is 0 Å². The molecule has 1 aliphatic rings. The first kappa shape index (κ1) is 80.3. The van der Waals surface area contributed by atoms with Gasteiger partial charge < -0.3 is 4.42 Å². The van der Waals surface area contributed by atoms with E-state index < -0.39 is 0 Å². The third kappa shape index (κ3) is 13.1. The van der Waals surface area contributed by atoms with Crippen LogP contribution in [0.15, 0.2) is 459 Å². The Kier molecular flexibility index (Phi) is 18.4. The molecule has 10 nitrogen and oxygen atoms in total. The summed E-state index contributed by atoms with van der Waals surface area (Å²) in [6, 6.07) is 162. The van der Waals surface area contributed by atoms with Crippen LogP contribution < -0.4 is 0 Å². The number of aromatic nitrogens is 9. The van der Waals surface area contributed by atoms with Crippen molar-refractivity contribution >= 4 is 184 Å². The van der Waals surface area contributed by atoms with Crippen LogP contribution in [0.25, 0.3) is 269 Å². The summed E-state index contributed by atoms with van der Waals surface area (Å²) in [5, 5.41) is 19.2. The average molecular weight is 1810 g/mol. The minimum Gasteiger partial charge on any atom is -0.456 e. The maximum absolute atomic E-state index is 6.34. The molecule has 8 heterocycles. The molecule has 0 spiro atoms. The van der Waals surface area contributed by atoms with Crippen LogP contribution in [-0.4, -0.2) is 43.6 Å². The minimum absolute atomic E-state index is 0.126. The number of nitrogens with zero attached hydrogens (tertiary/aromatic N) is 9. The van der Waals surface area contributed by atoms with Gasteiger partial charge in [-0.1, -0.05) is 341 Å². The Labute approximate surface area is 807 Å². The Bertz CT molecular complexity index is 9830. The van der Waals surface area contributed by atoms with E-state index >= 15 is 0 Å². The lowest BCUT2D eigenvalue weighted by Gasteiger charge is -2.22. The van der Waals surface area contributed by atoms with E-state index in [0.717, 1.165) is 173 Å². The molecule has 140 heavy (non-hydrogen) atoms. The maximum atomic E-state index is 6.34. The zero-order chi connectivity index (χ0) is 92.4. The number of fused-ring (bicyclic) bond motifs is 24. The Hall–Kier alpha value is -18.2. The van der Waals surface area contributed by atoms with E-state index in [1.807, 2.05) is 35.6 Å². The summed E-state index contributed by atoms with van der Waals surface area (Å²) in [5.41, 5.74) is 31.2. The SMILES string of the molecule is CC1(C)c2ccccc2-c2ccc(-c3nc4cc(-c5ccccc5)ccc4nc3-n3c4ccccc4c4cc5ccccc5cc43)cc21.c1ccc(-c2ccc3nc(-n4c5ccccc5c5cc6ccccc6cc54)c(-c4ccc5c(c4)oc4ccccc45)nc3c2)cc1.c1ccc(-c2ccc3nc(-n4c5ccccc5c5cc6ccccc6cc54)c(-c4ccc5c(c4)sc4ccccc45)nc3c2)cc1. The second-order valence-electron chi connectivity index (χ2n) is 37.2. The van der Waals surface area contributed by atoms with Crippen molar-refractivity contribution in [2.45, 2.75) is 19.3 Å². The van der Waals surface area contributed by atoms with Crippen molar-refractivity contribution in [1.29, 1.82) is 0 Å². The average Bonchev–Trinajstić information content (AvgIpc) is 1.58. The van der Waals surface area contributed by atoms with E-state index in [9.17, 15) is 0 Å². The van der Waals surface area contributed by atoms with E-state index in [1.54, 1.807) is 0 Å². The lowest BCUT2D eigenvalue weighted by molar-refractivity contribution is 0.660. The molecule has 11 heteroatoms. The highest BCUT2D eigenvalue weighted by atomic mass is 32.1. The van der Waals surface area contributed by atoms with Gasteiger partial charge in [0.2, 0.25) is 0 Å². The Balaban J connectivity index is 0.000000103. The van der Waals surface area contributed by atoms with E-state index in [2.05, 4.69) is 458 Å². The molecule has 8 aromatic heterocycles. The van der Waals surface area contributed by atoms with Crippen molar-refractivity contribution < 1.29 is 4.42 Å². The molecule has 29 aromatic rings. The van der Waals surface area contributed by atoms with Crippen molar-refractivity contribution in [2.75, 3.05) is 0 Å². The zero-order valence-electron chi connectivity index (χ0n) is 76.1. The van der Waals surface area contributed by atoms with Crippen LogP contribution in [0, 0.1) is 0 Å². The van der Waals surface area contributed by atoms with Crippen molar-refractivity contribution in [2.24, 2.45) is 0 Å². The minimum atomic E-state index is -0.126. The van der Waals surface area contributed by atoms with Crippen LogP contribution in [0.4, 0.5) is 0 Å². The van der Waals surface area contributed by atoms with Crippen LogP contribution >= 0.6 is 11.3 Å². The summed E-state index contributed by atoms with van der Waals surface area (Å²) in [5.74, 6) is 2.46. The lowest BCUT2D eigenvalue weighted by Crippen LogP contribution is -2.15. The van der Waals surface area contributed by atoms with Gasteiger partial charge in [-0.05, 0) is 215 Å². The lowest BCUT2D eigenvalue weighted by atomic mass is 9.82. The quantitative estimate of drug-likeness (QED) is 0.142. The smallest absolute Gasteiger partial charge is 0.165 e. The first-order valence-electron chi connectivity index (χ1n) is 47.6. The third-order valence-electron chi connectivity index (χ3n) is 28.7. The normalized spacial score (nSPS) is 12.4. The van der Waals surface area contributed by atoms with Gasteiger partial charge in [0.1, 0.15) is 28.2 Å². The summed E-state index contributed by atoms with van der Waals surface area (Å²) in [6.45, 7) is 4.66. The second-order valence-corrected chi connectivity index (χ2v) is 38.2. The summed E-state index contributed by atoms with van der Waals surface area (Å²) in [4.78, 5) is 32.7. The molecule has 0 saturated heterocycles. The number of hydrogen-bond acceptors (Lipinski definition) is 8. The van der Waals surface area contributed by atoms with Gasteiger partial charge in [-0.2, -0.15) is 0 Å². The molecule has 0 unspecified atom stereocenters. The first-order chi connectivity index (χ1) is 69.1. The summed E-state index contributed by atoms with van der Waals surface area (Å²) < 4.78 is 15.8. The molecule has 0 N–H and O–H groups in total. The molecule has 21 aromatic carbocycles. The van der Waals surface area contributed by atoms with Crippen molar-refractivity contribution in [3.63, 3.8) is 0 Å². The van der Waals surface area contributed by atoms with E-state index in [0.29, 0.717) is 0 Å². The molecule has 654 valence electrons. The third-order valence-corrected chi connectivity index (χ3v) is 29.8. The first-order valence-corrected chi connectivity index (χ1v) is 48.4. The number of hydrogen-bond donors (Lipinski definition) is 0. The Morgan fingerprint density at radius 1 is 0.200 bits per heavy atom. The Morgan fingerprint density at radius 2 is 0.536 bits per heavy atom. The van der Waals surface area contributed by atoms with E-state index in [4.69, 9.17) is 34.3 Å². The second kappa shape index (κ2) is 32.0. The van der Waals surface area contributed by atoms with E-state index in [1.165, 1.54) is 107 Å². The molecule has 0 bridgehead atoms. The highest BCUT2D eigenvalue weighted by molar-refractivity contribution is 7.25. The van der Waals surface area contributed by atoms with Gasteiger partial charge in [0, 0.05) is 85.4 Å². The van der Waals surface area contributed by atoms with Gasteiger partial charge in [-0.25, -0.2) is 29.9 Å². The van der Waals surface area contributed by atoms with Crippen molar-refractivity contribution in [3.05, 3.63) is 466 Å². The van der Waals surface area contributed by atoms with Crippen molar-refractivity contribution in [3.8, 4) is 95.7 Å². The molecule has 0 atom stereocenters. The van der Waals surface area contributed by atoms with Gasteiger partial charge in [0.05, 0.1) is 66.2 Å². The van der Waals surface area contributed by atoms with Gasteiger partial charge in [0.25, 0.3) is 0 Å². The number of thiophene rings is 1. The summed E-state index contributed by atoms with van der Waals surface area (Å²) >= 11 is 1.83. The molecule has 30 rings (SSSR count). The number of benzene rings is 21. The van der Waals surface area contributed by atoms with Gasteiger partial charge in [-0.3, -0.25) is 13.7 Å². The number of para-hydroxylation sites is 4. The summed E-state index contributed by atoms with van der Waals surface area (Å²) in [6.07, 6.45) is 0. The molecule has 0 fully saturated rings. The molecule has 1 aliphatic carbocycles. The molecule has 0 radical (unpaired) electrons. The largest absolute Gasteiger partial charge is 0.456 e. The fourth-order valence-electron chi connectivity index (χ4n) is 21.9. The standard InChI is InChI=1S/C45H31N3.C42H25N3O.C42H25N3S/c1-45(2)37-18-10-8-16-33(37)34-22-20-32(25-38(34)45)43-44(47-39-23-21-31(26-40(39)46-43)28-12-4-3-5-13-28)48-41-19-11-9-17-35(41)36-24-29-14-6-7-15-30(29)27-42(36)48;2*1-2-10-26(11-3-1)29-19-21-35-36(23-29)43-41(30-18-20-33-32-15-7-9-17-39(32)46-40(33)25-30)42(44-35)45-37-16-8-6-14-31(37)34-22-27-12-4-5-13-28(27)24-38(34)45/h3-27H,1-2H3;2*1-25H. The molecule has 0 aliphatic heterocycles. The number of rotatable bonds is 9. The predicted octanol–water partition coefficient (Wildman–Crippen LogP) is 34.2. The topological polar surface area (TPSA) is 105 Å². The van der Waals surface area contributed by atoms with Crippen LogP contribution in [0.2, 0.25) is 0 Å². The van der Waals surface area contributed by atoms with Crippen LogP contribution in [0.3, 0.4) is 0 Å².